The van der Waals surface area contributed by atoms with Gasteiger partial charge in [0.15, 0.2) is 0 Å². The molecule has 5 heteroatoms. The first-order valence-electron chi connectivity index (χ1n) is 4.51. The minimum atomic E-state index is -1.08. The van der Waals surface area contributed by atoms with E-state index in [0.717, 1.165) is 6.92 Å². The van der Waals surface area contributed by atoms with Crippen molar-refractivity contribution in [2.75, 3.05) is 0 Å². The van der Waals surface area contributed by atoms with Crippen molar-refractivity contribution in [2.45, 2.75) is 20.5 Å². The van der Waals surface area contributed by atoms with Gasteiger partial charge in [-0.25, -0.2) is 0 Å². The summed E-state index contributed by atoms with van der Waals surface area (Å²) >= 11 is 0. The fourth-order valence-electron chi connectivity index (χ4n) is 0.812. The maximum absolute atomic E-state index is 10.4. The number of aliphatic carboxylic acids is 1. The number of rotatable bonds is 2. The number of carbonyl (C=O) groups is 2. The zero-order valence-electron chi connectivity index (χ0n) is 9.10. The summed E-state index contributed by atoms with van der Waals surface area (Å²) in [5.41, 5.74) is 0.618. The van der Waals surface area contributed by atoms with Gasteiger partial charge in [0, 0.05) is 18.5 Å². The molecule has 16 heavy (non-hydrogen) atoms. The van der Waals surface area contributed by atoms with Gasteiger partial charge >= 0.3 is 5.97 Å². The Kier molecular flexibility index (Phi) is 6.35. The second-order valence-corrected chi connectivity index (χ2v) is 2.90. The first kappa shape index (κ1) is 14.0. The highest BCUT2D eigenvalue weighted by Gasteiger charge is 2.00. The Balaban J connectivity index is 0.000000487. The number of aromatic hydroxyl groups is 1. The van der Waals surface area contributed by atoms with Gasteiger partial charge in [-0.15, -0.1) is 0 Å². The molecule has 0 saturated heterocycles. The second kappa shape index (κ2) is 7.28. The van der Waals surface area contributed by atoms with Crippen LogP contribution >= 0.6 is 0 Å². The third-order valence-electron chi connectivity index (χ3n) is 1.42. The number of carboxylic acid groups (broad SMARTS) is 1. The highest BCUT2D eigenvalue weighted by Crippen LogP contribution is 2.16. The third-order valence-corrected chi connectivity index (χ3v) is 1.42. The van der Waals surface area contributed by atoms with Crippen molar-refractivity contribution in [3.63, 3.8) is 0 Å². The maximum Gasteiger partial charge on any atom is 0.302 e. The predicted octanol–water partition coefficient (Wildman–Crippen LogP) is 0.211. The van der Waals surface area contributed by atoms with Gasteiger partial charge in [-0.3, -0.25) is 4.79 Å². The van der Waals surface area contributed by atoms with Gasteiger partial charge in [-0.2, -0.15) is 0 Å². The summed E-state index contributed by atoms with van der Waals surface area (Å²) in [4.78, 5) is 19.3. The quantitative estimate of drug-likeness (QED) is 0.727. The number of para-hydroxylation sites is 1. The molecular formula is C11H13O5-. The molecule has 1 aromatic rings. The topological polar surface area (TPSA) is 86.7 Å². The van der Waals surface area contributed by atoms with Crippen LogP contribution in [0.5, 0.6) is 5.75 Å². The first-order valence-corrected chi connectivity index (χ1v) is 4.51. The van der Waals surface area contributed by atoms with Gasteiger partial charge in [-0.05, 0) is 13.0 Å². The Morgan fingerprint density at radius 3 is 2.25 bits per heavy atom. The van der Waals surface area contributed by atoms with E-state index >= 15 is 0 Å². The molecule has 1 aromatic carbocycles. The molecule has 0 saturated carbocycles. The van der Waals surface area contributed by atoms with E-state index in [1.807, 2.05) is 0 Å². The Labute approximate surface area is 93.3 Å². The van der Waals surface area contributed by atoms with E-state index < -0.39 is 5.97 Å². The summed E-state index contributed by atoms with van der Waals surface area (Å²) in [7, 11) is 0. The lowest BCUT2D eigenvalue weighted by Crippen LogP contribution is -2.16. The fourth-order valence-corrected chi connectivity index (χ4v) is 0.812. The zero-order valence-corrected chi connectivity index (χ0v) is 9.10. The largest absolute Gasteiger partial charge is 0.550 e. The minimum Gasteiger partial charge on any atom is -0.550 e. The van der Waals surface area contributed by atoms with Crippen LogP contribution in [0.1, 0.15) is 19.4 Å². The van der Waals surface area contributed by atoms with Crippen molar-refractivity contribution in [3.8, 4) is 5.75 Å². The van der Waals surface area contributed by atoms with Crippen LogP contribution in [0.4, 0.5) is 0 Å². The van der Waals surface area contributed by atoms with Gasteiger partial charge < -0.3 is 19.7 Å². The molecule has 1 rings (SSSR count). The Hall–Kier alpha value is -2.04. The summed E-state index contributed by atoms with van der Waals surface area (Å²) in [6.07, 6.45) is 0. The van der Waals surface area contributed by atoms with Crippen LogP contribution in [0.3, 0.4) is 0 Å². The molecule has 0 radical (unpaired) electrons. The molecule has 0 spiro atoms. The predicted molar refractivity (Wildman–Crippen MR) is 54.3 cm³/mol. The molecule has 0 atom stereocenters. The van der Waals surface area contributed by atoms with Crippen LogP contribution in [0.15, 0.2) is 24.3 Å². The van der Waals surface area contributed by atoms with Crippen molar-refractivity contribution >= 4 is 11.9 Å². The molecule has 0 aliphatic carbocycles. The molecule has 0 aliphatic rings. The van der Waals surface area contributed by atoms with E-state index in [4.69, 9.17) is 14.6 Å². The molecule has 0 amide bonds. The lowest BCUT2D eigenvalue weighted by molar-refractivity contribution is -0.302. The SMILES string of the molecule is CC(=O)OCc1ccccc1O.CC(=O)[O-]. The average molecular weight is 225 g/mol. The minimum absolute atomic E-state index is 0.127. The number of carboxylic acids is 1. The number of phenols is 1. The van der Waals surface area contributed by atoms with Crippen molar-refractivity contribution in [3.05, 3.63) is 29.8 Å². The van der Waals surface area contributed by atoms with Gasteiger partial charge in [-0.1, -0.05) is 18.2 Å². The number of carbonyl (C=O) groups excluding carboxylic acids is 2. The van der Waals surface area contributed by atoms with E-state index in [1.165, 1.54) is 6.92 Å². The second-order valence-electron chi connectivity index (χ2n) is 2.90. The van der Waals surface area contributed by atoms with Crippen LogP contribution in [0.25, 0.3) is 0 Å². The lowest BCUT2D eigenvalue weighted by atomic mass is 10.2. The molecule has 5 nitrogen and oxygen atoms in total. The maximum atomic E-state index is 10.4. The molecular weight excluding hydrogens is 212 g/mol. The van der Waals surface area contributed by atoms with Crippen LogP contribution in [-0.2, 0) is 20.9 Å². The van der Waals surface area contributed by atoms with Crippen molar-refractivity contribution < 1.29 is 24.5 Å². The van der Waals surface area contributed by atoms with Crippen molar-refractivity contribution in [1.82, 2.24) is 0 Å². The van der Waals surface area contributed by atoms with Gasteiger partial charge in [0.05, 0.1) is 0 Å². The van der Waals surface area contributed by atoms with Crippen LogP contribution in [0.2, 0.25) is 0 Å². The van der Waals surface area contributed by atoms with Gasteiger partial charge in [0.2, 0.25) is 0 Å². The number of phenolic OH excluding ortho intramolecular Hbond substituents is 1. The average Bonchev–Trinajstić information content (AvgIpc) is 2.15. The molecule has 88 valence electrons. The van der Waals surface area contributed by atoms with E-state index in [9.17, 15) is 9.90 Å². The van der Waals surface area contributed by atoms with E-state index in [-0.39, 0.29) is 18.3 Å². The Morgan fingerprint density at radius 1 is 1.31 bits per heavy atom. The summed E-state index contributed by atoms with van der Waals surface area (Å²) in [5, 5.41) is 18.1. The number of hydrogen-bond acceptors (Lipinski definition) is 5. The molecule has 1 N–H and O–H groups in total. The van der Waals surface area contributed by atoms with Gasteiger partial charge in [0.25, 0.3) is 0 Å². The Morgan fingerprint density at radius 2 is 1.81 bits per heavy atom. The highest BCUT2D eigenvalue weighted by molar-refractivity contribution is 5.66. The van der Waals surface area contributed by atoms with E-state index in [2.05, 4.69) is 0 Å². The molecule has 0 bridgehead atoms. The van der Waals surface area contributed by atoms with E-state index in [0.29, 0.717) is 5.56 Å². The molecule has 0 aliphatic heterocycles. The first-order chi connectivity index (χ1) is 7.43. The molecule has 0 heterocycles. The number of ether oxygens (including phenoxy) is 1. The van der Waals surface area contributed by atoms with Crippen molar-refractivity contribution in [1.29, 1.82) is 0 Å². The number of esters is 1. The highest BCUT2D eigenvalue weighted by atomic mass is 16.5. The third kappa shape index (κ3) is 7.37. The normalized spacial score (nSPS) is 8.62. The van der Waals surface area contributed by atoms with Crippen LogP contribution in [0, 0.1) is 0 Å². The molecule has 0 fully saturated rings. The fraction of sp³-hybridized carbons (Fsp3) is 0.273. The summed E-state index contributed by atoms with van der Waals surface area (Å²) < 4.78 is 4.71. The molecule has 0 aromatic heterocycles. The summed E-state index contributed by atoms with van der Waals surface area (Å²) in [5.74, 6) is -1.28. The van der Waals surface area contributed by atoms with Gasteiger partial charge in [0.1, 0.15) is 12.4 Å². The smallest absolute Gasteiger partial charge is 0.302 e. The van der Waals surface area contributed by atoms with Crippen LogP contribution < -0.4 is 5.11 Å². The molecule has 0 unspecified atom stereocenters. The zero-order chi connectivity index (χ0) is 12.6. The monoisotopic (exact) mass is 225 g/mol. The summed E-state index contributed by atoms with van der Waals surface area (Å²) in [6, 6.07) is 6.75. The van der Waals surface area contributed by atoms with Crippen molar-refractivity contribution in [2.24, 2.45) is 0 Å². The van der Waals surface area contributed by atoms with Crippen LogP contribution in [-0.4, -0.2) is 17.0 Å². The number of hydrogen-bond donors (Lipinski definition) is 1. The summed E-state index contributed by atoms with van der Waals surface area (Å²) in [6.45, 7) is 2.43. The Bertz CT molecular complexity index is 355. The lowest BCUT2D eigenvalue weighted by Gasteiger charge is -2.03. The standard InChI is InChI=1S/C9H10O3.C2H4O2/c1-7(10)12-6-8-4-2-3-5-9(8)11;1-2(3)4/h2-5,11H,6H2,1H3;1H3,(H,3,4)/p-1. The van der Waals surface area contributed by atoms with E-state index in [1.54, 1.807) is 24.3 Å². The number of benzene rings is 1.